The van der Waals surface area contributed by atoms with Gasteiger partial charge in [0.1, 0.15) is 0 Å². The third-order valence-electron chi connectivity index (χ3n) is 0.983. The van der Waals surface area contributed by atoms with Gasteiger partial charge < -0.3 is 14.6 Å². The van der Waals surface area contributed by atoms with E-state index in [0.717, 1.165) is 13.2 Å². The second kappa shape index (κ2) is 8.97. The van der Waals surface area contributed by atoms with E-state index >= 15 is 0 Å². The lowest BCUT2D eigenvalue weighted by atomic mass is 10.4. The van der Waals surface area contributed by atoms with Crippen molar-refractivity contribution >= 4 is 0 Å². The molecule has 0 aliphatic carbocycles. The first-order valence-corrected chi connectivity index (χ1v) is 4.51. The van der Waals surface area contributed by atoms with Crippen LogP contribution in [-0.2, 0) is 9.47 Å². The van der Waals surface area contributed by atoms with Crippen LogP contribution in [0, 0.1) is 0 Å². The molecule has 1 rings (SSSR count). The van der Waals surface area contributed by atoms with E-state index in [4.69, 9.17) is 14.6 Å². The van der Waals surface area contributed by atoms with Crippen LogP contribution in [0.15, 0.2) is 0 Å². The highest BCUT2D eigenvalue weighted by molar-refractivity contribution is 4.58. The molecule has 0 aromatic carbocycles. The number of aliphatic hydroxyl groups excluding tert-OH is 1. The molecule has 12 heavy (non-hydrogen) atoms. The van der Waals surface area contributed by atoms with Crippen molar-refractivity contribution in [2.75, 3.05) is 19.8 Å². The van der Waals surface area contributed by atoms with E-state index in [9.17, 15) is 0 Å². The van der Waals surface area contributed by atoms with Crippen LogP contribution in [0.3, 0.4) is 0 Å². The number of rotatable bonds is 0. The fourth-order valence-electron chi connectivity index (χ4n) is 0.617. The lowest BCUT2D eigenvalue weighted by Crippen LogP contribution is -2.18. The SMILES string of the molecule is CC.CC1(C)OCCO1.CCO. The summed E-state index contributed by atoms with van der Waals surface area (Å²) in [6, 6.07) is 0. The summed E-state index contributed by atoms with van der Waals surface area (Å²) in [7, 11) is 0. The van der Waals surface area contributed by atoms with E-state index in [1.807, 2.05) is 27.7 Å². The largest absolute Gasteiger partial charge is 0.397 e. The Labute approximate surface area is 75.7 Å². The minimum Gasteiger partial charge on any atom is -0.397 e. The molecule has 0 saturated carbocycles. The second-order valence-electron chi connectivity index (χ2n) is 2.41. The van der Waals surface area contributed by atoms with Crippen LogP contribution in [0.1, 0.15) is 34.6 Å². The molecule has 1 aliphatic rings. The Morgan fingerprint density at radius 1 is 1.17 bits per heavy atom. The summed E-state index contributed by atoms with van der Waals surface area (Å²) in [6.45, 7) is 11.2. The quantitative estimate of drug-likeness (QED) is 0.614. The van der Waals surface area contributed by atoms with Crippen molar-refractivity contribution in [1.82, 2.24) is 0 Å². The normalized spacial score (nSPS) is 18.5. The number of aliphatic hydroxyl groups is 1. The van der Waals surface area contributed by atoms with E-state index in [2.05, 4.69) is 0 Å². The van der Waals surface area contributed by atoms with Crippen LogP contribution in [0.4, 0.5) is 0 Å². The zero-order valence-corrected chi connectivity index (χ0v) is 8.89. The zero-order valence-electron chi connectivity index (χ0n) is 8.89. The first-order chi connectivity index (χ1) is 5.62. The molecular weight excluding hydrogens is 156 g/mol. The average Bonchev–Trinajstić information content (AvgIpc) is 2.40. The van der Waals surface area contributed by atoms with Crippen molar-refractivity contribution in [2.45, 2.75) is 40.4 Å². The first kappa shape index (κ1) is 14.4. The van der Waals surface area contributed by atoms with Crippen molar-refractivity contribution in [2.24, 2.45) is 0 Å². The Balaban J connectivity index is 0. The molecule has 1 heterocycles. The van der Waals surface area contributed by atoms with Crippen molar-refractivity contribution in [1.29, 1.82) is 0 Å². The van der Waals surface area contributed by atoms with Gasteiger partial charge in [0.05, 0.1) is 13.2 Å². The van der Waals surface area contributed by atoms with E-state index in [-0.39, 0.29) is 12.4 Å². The van der Waals surface area contributed by atoms with Gasteiger partial charge in [0.2, 0.25) is 0 Å². The predicted octanol–water partition coefficient (Wildman–Crippen LogP) is 1.79. The van der Waals surface area contributed by atoms with Crippen LogP contribution >= 0.6 is 0 Å². The van der Waals surface area contributed by atoms with E-state index in [1.54, 1.807) is 6.92 Å². The Kier molecular flexibility index (Phi) is 10.8. The summed E-state index contributed by atoms with van der Waals surface area (Å²) in [5.74, 6) is -0.306. The molecule has 0 bridgehead atoms. The van der Waals surface area contributed by atoms with Gasteiger partial charge in [-0.3, -0.25) is 0 Å². The highest BCUT2D eigenvalue weighted by Gasteiger charge is 2.23. The van der Waals surface area contributed by atoms with E-state index in [0.29, 0.717) is 0 Å². The summed E-state index contributed by atoms with van der Waals surface area (Å²) in [5.41, 5.74) is 0. The molecule has 1 aliphatic heterocycles. The van der Waals surface area contributed by atoms with Crippen molar-refractivity contribution in [3.05, 3.63) is 0 Å². The number of hydrogen-bond acceptors (Lipinski definition) is 3. The summed E-state index contributed by atoms with van der Waals surface area (Å²) in [5, 5.41) is 7.57. The third-order valence-corrected chi connectivity index (χ3v) is 0.983. The Hall–Kier alpha value is -0.120. The van der Waals surface area contributed by atoms with Crippen molar-refractivity contribution in [3.63, 3.8) is 0 Å². The minimum atomic E-state index is -0.306. The molecule has 0 aromatic heterocycles. The fraction of sp³-hybridized carbons (Fsp3) is 1.00. The molecule has 1 fully saturated rings. The second-order valence-corrected chi connectivity index (χ2v) is 2.41. The van der Waals surface area contributed by atoms with Crippen LogP contribution < -0.4 is 0 Å². The third kappa shape index (κ3) is 9.88. The Morgan fingerprint density at radius 2 is 1.42 bits per heavy atom. The van der Waals surface area contributed by atoms with Crippen LogP contribution in [0.5, 0.6) is 0 Å². The summed E-state index contributed by atoms with van der Waals surface area (Å²) in [6.07, 6.45) is 0. The summed E-state index contributed by atoms with van der Waals surface area (Å²) < 4.78 is 10.2. The molecule has 76 valence electrons. The van der Waals surface area contributed by atoms with Crippen LogP contribution in [-0.4, -0.2) is 30.7 Å². The van der Waals surface area contributed by atoms with Gasteiger partial charge in [0.25, 0.3) is 0 Å². The highest BCUT2D eigenvalue weighted by atomic mass is 16.7. The number of hydrogen-bond donors (Lipinski definition) is 1. The van der Waals surface area contributed by atoms with Crippen molar-refractivity contribution < 1.29 is 14.6 Å². The Morgan fingerprint density at radius 3 is 1.50 bits per heavy atom. The maximum absolute atomic E-state index is 7.57. The van der Waals surface area contributed by atoms with Gasteiger partial charge in [-0.25, -0.2) is 0 Å². The van der Waals surface area contributed by atoms with Gasteiger partial charge in [-0.1, -0.05) is 13.8 Å². The standard InChI is InChI=1S/C5H10O2.C2H6O.C2H6/c1-5(2)6-3-4-7-5;1-2-3;1-2/h3-4H2,1-2H3;3H,2H2,1H3;1-2H3. The molecule has 1 N–H and O–H groups in total. The fourth-order valence-corrected chi connectivity index (χ4v) is 0.617. The molecular formula is C9H22O3. The van der Waals surface area contributed by atoms with Crippen LogP contribution in [0.2, 0.25) is 0 Å². The van der Waals surface area contributed by atoms with Crippen LogP contribution in [0.25, 0.3) is 0 Å². The molecule has 3 heteroatoms. The highest BCUT2D eigenvalue weighted by Crippen LogP contribution is 2.15. The minimum absolute atomic E-state index is 0.250. The molecule has 0 atom stereocenters. The average molecular weight is 178 g/mol. The van der Waals surface area contributed by atoms with Gasteiger partial charge in [-0.05, 0) is 20.8 Å². The maximum Gasteiger partial charge on any atom is 0.162 e. The predicted molar refractivity (Wildman–Crippen MR) is 50.1 cm³/mol. The van der Waals surface area contributed by atoms with Gasteiger partial charge in [-0.2, -0.15) is 0 Å². The van der Waals surface area contributed by atoms with Gasteiger partial charge >= 0.3 is 0 Å². The summed E-state index contributed by atoms with van der Waals surface area (Å²) in [4.78, 5) is 0. The van der Waals surface area contributed by atoms with Gasteiger partial charge in [0.15, 0.2) is 5.79 Å². The lowest BCUT2D eigenvalue weighted by Gasteiger charge is -2.13. The molecule has 1 saturated heterocycles. The molecule has 3 nitrogen and oxygen atoms in total. The number of ether oxygens (including phenoxy) is 2. The topological polar surface area (TPSA) is 38.7 Å². The van der Waals surface area contributed by atoms with Gasteiger partial charge in [0, 0.05) is 6.61 Å². The van der Waals surface area contributed by atoms with E-state index < -0.39 is 0 Å². The first-order valence-electron chi connectivity index (χ1n) is 4.51. The van der Waals surface area contributed by atoms with Gasteiger partial charge in [-0.15, -0.1) is 0 Å². The molecule has 0 spiro atoms. The summed E-state index contributed by atoms with van der Waals surface area (Å²) >= 11 is 0. The maximum atomic E-state index is 7.57. The smallest absolute Gasteiger partial charge is 0.162 e. The monoisotopic (exact) mass is 178 g/mol. The van der Waals surface area contributed by atoms with E-state index in [1.165, 1.54) is 0 Å². The molecule has 0 amide bonds. The molecule has 0 unspecified atom stereocenters. The molecule has 0 aromatic rings. The van der Waals surface area contributed by atoms with Crippen molar-refractivity contribution in [3.8, 4) is 0 Å². The zero-order chi connectivity index (χ0) is 10.0. The Bertz CT molecular complexity index is 73.8. The molecule has 0 radical (unpaired) electrons. The lowest BCUT2D eigenvalue weighted by molar-refractivity contribution is -0.125.